The first-order valence-electron chi connectivity index (χ1n) is 11.9. The van der Waals surface area contributed by atoms with Gasteiger partial charge in [-0.25, -0.2) is 4.79 Å². The molecule has 0 bridgehead atoms. The molecule has 0 aromatic heterocycles. The molecule has 1 spiro atoms. The zero-order chi connectivity index (χ0) is 25.4. The molecule has 1 aliphatic carbocycles. The van der Waals surface area contributed by atoms with Gasteiger partial charge in [0, 0.05) is 44.0 Å². The van der Waals surface area contributed by atoms with Gasteiger partial charge in [-0.15, -0.1) is 0 Å². The van der Waals surface area contributed by atoms with Crippen LogP contribution in [0.1, 0.15) is 47.2 Å². The maximum atomic E-state index is 13.0. The number of anilines is 2. The van der Waals surface area contributed by atoms with Crippen LogP contribution in [0.25, 0.3) is 0 Å². The summed E-state index contributed by atoms with van der Waals surface area (Å²) < 4.78 is 5.56. The molecule has 2 aromatic rings. The van der Waals surface area contributed by atoms with Gasteiger partial charge in [-0.2, -0.15) is 0 Å². The Balaban J connectivity index is 1.18. The van der Waals surface area contributed by atoms with Gasteiger partial charge in [0.15, 0.2) is 0 Å². The Labute approximate surface area is 206 Å². The van der Waals surface area contributed by atoms with Crippen molar-refractivity contribution in [2.24, 2.45) is 0 Å². The number of fused-ring (bicyclic) bond motifs is 3. The zero-order valence-corrected chi connectivity index (χ0v) is 19.9. The number of nitrogens with one attached hydrogen (secondary N) is 1. The SMILES string of the molecule is CN(C(=O)Oc1ccc2c(c1)C(=O)N(C1CCC(=O)NC1=O)C2)c1ccc2c(c1)C1(CC1)C(=O)N2C. The van der Waals surface area contributed by atoms with Crippen molar-refractivity contribution < 1.29 is 28.7 Å². The van der Waals surface area contributed by atoms with Crippen LogP contribution in [0.5, 0.6) is 5.75 Å². The number of hydrogen-bond acceptors (Lipinski definition) is 6. The van der Waals surface area contributed by atoms with Gasteiger partial charge in [0.1, 0.15) is 11.8 Å². The van der Waals surface area contributed by atoms with Crippen molar-refractivity contribution in [1.82, 2.24) is 10.2 Å². The highest BCUT2D eigenvalue weighted by Crippen LogP contribution is 2.57. The normalized spacial score (nSPS) is 21.4. The standard InChI is InChI=1S/C26H24N4O6/c1-28(15-4-6-19-18(11-15)26(9-10-26)24(34)29(19)2)25(35)36-16-5-3-14-13-30(23(33)17(14)12-16)20-7-8-21(31)27-22(20)32/h3-6,11-12,20H,7-10,13H2,1-2H3,(H,27,31,32). The molecule has 1 saturated heterocycles. The van der Waals surface area contributed by atoms with E-state index in [-0.39, 0.29) is 42.9 Å². The molecule has 0 radical (unpaired) electrons. The Hall–Kier alpha value is -4.21. The number of carbonyl (C=O) groups is 5. The maximum absolute atomic E-state index is 13.0. The molecule has 36 heavy (non-hydrogen) atoms. The monoisotopic (exact) mass is 488 g/mol. The lowest BCUT2D eigenvalue weighted by Gasteiger charge is -2.29. The summed E-state index contributed by atoms with van der Waals surface area (Å²) in [6.45, 7) is 0.249. The second-order valence-electron chi connectivity index (χ2n) is 9.79. The molecule has 10 nitrogen and oxygen atoms in total. The van der Waals surface area contributed by atoms with Crippen molar-refractivity contribution in [3.63, 3.8) is 0 Å². The lowest BCUT2D eigenvalue weighted by atomic mass is 9.97. The third-order valence-corrected chi connectivity index (χ3v) is 7.69. The Bertz CT molecular complexity index is 1380. The third kappa shape index (κ3) is 3.20. The van der Waals surface area contributed by atoms with E-state index >= 15 is 0 Å². The molecule has 4 aliphatic rings. The van der Waals surface area contributed by atoms with Crippen LogP contribution in [0.4, 0.5) is 16.2 Å². The van der Waals surface area contributed by atoms with E-state index in [9.17, 15) is 24.0 Å². The minimum absolute atomic E-state index is 0.0917. The molecule has 5 amide bonds. The van der Waals surface area contributed by atoms with Crippen molar-refractivity contribution in [2.45, 2.75) is 43.7 Å². The molecule has 3 heterocycles. The van der Waals surface area contributed by atoms with Crippen molar-refractivity contribution in [2.75, 3.05) is 23.9 Å². The molecule has 1 unspecified atom stereocenters. The highest BCUT2D eigenvalue weighted by molar-refractivity contribution is 6.10. The van der Waals surface area contributed by atoms with Crippen molar-refractivity contribution in [1.29, 1.82) is 0 Å². The van der Waals surface area contributed by atoms with Gasteiger partial charge < -0.3 is 14.5 Å². The molecule has 184 valence electrons. The molecule has 1 N–H and O–H groups in total. The summed E-state index contributed by atoms with van der Waals surface area (Å²) >= 11 is 0. The van der Waals surface area contributed by atoms with Gasteiger partial charge >= 0.3 is 6.09 Å². The smallest absolute Gasteiger partial charge is 0.410 e. The molecular weight excluding hydrogens is 464 g/mol. The molecule has 3 aliphatic heterocycles. The Morgan fingerprint density at radius 3 is 2.61 bits per heavy atom. The topological polar surface area (TPSA) is 116 Å². The van der Waals surface area contributed by atoms with E-state index in [1.807, 2.05) is 12.1 Å². The van der Waals surface area contributed by atoms with Crippen molar-refractivity contribution in [3.8, 4) is 5.75 Å². The zero-order valence-electron chi connectivity index (χ0n) is 19.9. The first-order chi connectivity index (χ1) is 17.2. The molecule has 2 aromatic carbocycles. The van der Waals surface area contributed by atoms with Crippen LogP contribution in [0.15, 0.2) is 36.4 Å². The number of nitrogens with zero attached hydrogens (tertiary/aromatic N) is 3. The number of imide groups is 1. The molecule has 6 rings (SSSR count). The number of rotatable bonds is 3. The van der Waals surface area contributed by atoms with Crippen molar-refractivity contribution >= 4 is 41.1 Å². The third-order valence-electron chi connectivity index (χ3n) is 7.69. The summed E-state index contributed by atoms with van der Waals surface area (Å²) in [7, 11) is 3.36. The van der Waals surface area contributed by atoms with Crippen LogP contribution in [0.2, 0.25) is 0 Å². The number of benzene rings is 2. The largest absolute Gasteiger partial charge is 0.419 e. The molecular formula is C26H24N4O6. The number of hydrogen-bond donors (Lipinski definition) is 1. The number of piperidine rings is 1. The van der Waals surface area contributed by atoms with Crippen LogP contribution in [-0.4, -0.2) is 54.8 Å². The first kappa shape index (κ1) is 22.3. The van der Waals surface area contributed by atoms with Gasteiger partial charge in [-0.1, -0.05) is 6.07 Å². The molecule has 1 saturated carbocycles. The van der Waals surface area contributed by atoms with Gasteiger partial charge in [0.05, 0.1) is 5.41 Å². The predicted molar refractivity (Wildman–Crippen MR) is 128 cm³/mol. The second-order valence-corrected chi connectivity index (χ2v) is 9.79. The Kier molecular flexibility index (Phi) is 4.73. The first-order valence-corrected chi connectivity index (χ1v) is 11.9. The van der Waals surface area contributed by atoms with Crippen LogP contribution in [0.3, 0.4) is 0 Å². The second kappa shape index (κ2) is 7.64. The highest BCUT2D eigenvalue weighted by Gasteiger charge is 2.58. The summed E-state index contributed by atoms with van der Waals surface area (Å²) in [5.74, 6) is -0.857. The summed E-state index contributed by atoms with van der Waals surface area (Å²) in [4.78, 5) is 66.8. The van der Waals surface area contributed by atoms with E-state index in [1.54, 1.807) is 37.2 Å². The highest BCUT2D eigenvalue weighted by atomic mass is 16.6. The molecule has 1 atom stereocenters. The molecule has 2 fully saturated rings. The predicted octanol–water partition coefficient (Wildman–Crippen LogP) is 2.09. The number of likely N-dealkylation sites (N-methyl/N-ethyl adjacent to an activating group) is 1. The fourth-order valence-electron chi connectivity index (χ4n) is 5.43. The van der Waals surface area contributed by atoms with Crippen LogP contribution < -0.4 is 19.9 Å². The minimum atomic E-state index is -0.708. The fraction of sp³-hybridized carbons (Fsp3) is 0.346. The van der Waals surface area contributed by atoms with E-state index in [0.717, 1.165) is 29.7 Å². The maximum Gasteiger partial charge on any atom is 0.419 e. The van der Waals surface area contributed by atoms with Gasteiger partial charge in [-0.05, 0) is 60.7 Å². The number of amides is 5. The quantitative estimate of drug-likeness (QED) is 0.662. The van der Waals surface area contributed by atoms with E-state index < -0.39 is 23.5 Å². The average molecular weight is 489 g/mol. The van der Waals surface area contributed by atoms with Crippen LogP contribution in [0, 0.1) is 0 Å². The summed E-state index contributed by atoms with van der Waals surface area (Å²) in [6.07, 6.45) is 1.44. The van der Waals surface area contributed by atoms with E-state index in [2.05, 4.69) is 5.32 Å². The van der Waals surface area contributed by atoms with Crippen LogP contribution >= 0.6 is 0 Å². The summed E-state index contributed by atoms with van der Waals surface area (Å²) in [6, 6.07) is 9.60. The van der Waals surface area contributed by atoms with Gasteiger partial charge in [0.25, 0.3) is 5.91 Å². The summed E-state index contributed by atoms with van der Waals surface area (Å²) in [5, 5.41) is 2.28. The number of ether oxygens (including phenoxy) is 1. The number of carbonyl (C=O) groups excluding carboxylic acids is 5. The van der Waals surface area contributed by atoms with Gasteiger partial charge in [-0.3, -0.25) is 29.4 Å². The Morgan fingerprint density at radius 1 is 1.11 bits per heavy atom. The lowest BCUT2D eigenvalue weighted by Crippen LogP contribution is -2.52. The van der Waals surface area contributed by atoms with Crippen LogP contribution in [-0.2, 0) is 26.3 Å². The van der Waals surface area contributed by atoms with Crippen molar-refractivity contribution in [3.05, 3.63) is 53.1 Å². The molecule has 10 heteroatoms. The lowest BCUT2D eigenvalue weighted by molar-refractivity contribution is -0.137. The van der Waals surface area contributed by atoms with Gasteiger partial charge in [0.2, 0.25) is 17.7 Å². The fourth-order valence-corrected chi connectivity index (χ4v) is 5.43. The summed E-state index contributed by atoms with van der Waals surface area (Å²) in [5.41, 5.74) is 3.03. The van der Waals surface area contributed by atoms with E-state index in [4.69, 9.17) is 4.74 Å². The average Bonchev–Trinajstić information content (AvgIpc) is 3.58. The van der Waals surface area contributed by atoms with E-state index in [1.165, 1.54) is 15.9 Å². The minimum Gasteiger partial charge on any atom is -0.410 e. The Morgan fingerprint density at radius 2 is 1.89 bits per heavy atom. The van der Waals surface area contributed by atoms with E-state index in [0.29, 0.717) is 11.3 Å².